The van der Waals surface area contributed by atoms with Crippen LogP contribution in [-0.4, -0.2) is 24.5 Å². The molecule has 0 bridgehead atoms. The number of methoxy groups -OCH3 is 1. The van der Waals surface area contributed by atoms with Gasteiger partial charge in [-0.15, -0.1) is 0 Å². The van der Waals surface area contributed by atoms with Crippen LogP contribution in [0.2, 0.25) is 5.02 Å². The van der Waals surface area contributed by atoms with Crippen LogP contribution in [0.15, 0.2) is 42.6 Å². The minimum atomic E-state index is -0.181. The van der Waals surface area contributed by atoms with E-state index in [4.69, 9.17) is 16.3 Å². The van der Waals surface area contributed by atoms with Crippen molar-refractivity contribution in [2.75, 3.05) is 24.3 Å². The normalized spacial score (nSPS) is 11.8. The summed E-state index contributed by atoms with van der Waals surface area (Å²) in [7, 11) is 1.66. The van der Waals surface area contributed by atoms with E-state index in [2.05, 4.69) is 15.6 Å². The van der Waals surface area contributed by atoms with E-state index in [1.165, 1.54) is 6.20 Å². The van der Waals surface area contributed by atoms with Crippen molar-refractivity contribution >= 4 is 29.0 Å². The molecule has 1 unspecified atom stereocenters. The van der Waals surface area contributed by atoms with Gasteiger partial charge < -0.3 is 15.4 Å². The van der Waals surface area contributed by atoms with Gasteiger partial charge in [-0.2, -0.15) is 0 Å². The fraction of sp³-hybridized carbons (Fsp3) is 0.250. The first-order valence-corrected chi connectivity index (χ1v) is 7.24. The molecule has 0 aliphatic carbocycles. The minimum absolute atomic E-state index is 0.00819. The van der Waals surface area contributed by atoms with Crippen molar-refractivity contribution < 1.29 is 9.53 Å². The second kappa shape index (κ2) is 7.77. The summed E-state index contributed by atoms with van der Waals surface area (Å²) < 4.78 is 5.28. The van der Waals surface area contributed by atoms with Crippen molar-refractivity contribution in [3.63, 3.8) is 0 Å². The number of ether oxygens (including phenoxy) is 1. The monoisotopic (exact) mass is 319 g/mol. The topological polar surface area (TPSA) is 63.2 Å². The van der Waals surface area contributed by atoms with Gasteiger partial charge >= 0.3 is 0 Å². The Morgan fingerprint density at radius 3 is 2.86 bits per heavy atom. The Hall–Kier alpha value is -2.11. The summed E-state index contributed by atoms with van der Waals surface area (Å²) in [5, 5.41) is 6.29. The number of carbonyl (C=O) groups excluding carboxylic acids is 1. The molecule has 1 atom stereocenters. The third kappa shape index (κ3) is 4.72. The highest BCUT2D eigenvalue weighted by Crippen LogP contribution is 2.19. The molecule has 2 N–H and O–H groups in total. The van der Waals surface area contributed by atoms with Crippen molar-refractivity contribution in [2.45, 2.75) is 13.0 Å². The van der Waals surface area contributed by atoms with Crippen molar-refractivity contribution in [2.24, 2.45) is 0 Å². The Morgan fingerprint density at radius 1 is 1.36 bits per heavy atom. The fourth-order valence-electron chi connectivity index (χ4n) is 1.86. The first kappa shape index (κ1) is 16.3. The highest BCUT2D eigenvalue weighted by atomic mass is 35.5. The standard InChI is InChI=1S/C16H18ClN3O2/c1-11(22-2)12-4-3-5-14(8-12)18-10-16(21)20-15-7-6-13(17)9-19-15/h3-9,11,18H,10H2,1-2H3,(H,19,20,21). The molecule has 0 saturated heterocycles. The lowest BCUT2D eigenvalue weighted by molar-refractivity contribution is -0.114. The van der Waals surface area contributed by atoms with E-state index in [0.29, 0.717) is 10.8 Å². The average Bonchev–Trinajstić information content (AvgIpc) is 2.54. The molecule has 0 fully saturated rings. The zero-order chi connectivity index (χ0) is 15.9. The number of halogens is 1. The van der Waals surface area contributed by atoms with Gasteiger partial charge in [-0.3, -0.25) is 4.79 Å². The number of rotatable bonds is 6. The zero-order valence-corrected chi connectivity index (χ0v) is 13.2. The average molecular weight is 320 g/mol. The number of hydrogen-bond acceptors (Lipinski definition) is 4. The van der Waals surface area contributed by atoms with Crippen LogP contribution < -0.4 is 10.6 Å². The third-order valence-corrected chi connectivity index (χ3v) is 3.38. The lowest BCUT2D eigenvalue weighted by Gasteiger charge is -2.12. The van der Waals surface area contributed by atoms with Gasteiger partial charge in [0.2, 0.25) is 5.91 Å². The highest BCUT2D eigenvalue weighted by Gasteiger charge is 2.06. The maximum atomic E-state index is 11.9. The van der Waals surface area contributed by atoms with Crippen LogP contribution in [0, 0.1) is 0 Å². The molecule has 0 spiro atoms. The number of hydrogen-bond donors (Lipinski definition) is 2. The molecular weight excluding hydrogens is 302 g/mol. The van der Waals surface area contributed by atoms with E-state index in [1.54, 1.807) is 19.2 Å². The summed E-state index contributed by atoms with van der Waals surface area (Å²) in [6, 6.07) is 11.1. The molecule has 22 heavy (non-hydrogen) atoms. The van der Waals surface area contributed by atoms with Gasteiger partial charge in [0.1, 0.15) is 5.82 Å². The Kier molecular flexibility index (Phi) is 5.75. The lowest BCUT2D eigenvalue weighted by atomic mass is 10.1. The van der Waals surface area contributed by atoms with E-state index in [0.717, 1.165) is 11.3 Å². The van der Waals surface area contributed by atoms with Crippen LogP contribution in [0.3, 0.4) is 0 Å². The summed E-state index contributed by atoms with van der Waals surface area (Å²) >= 11 is 5.74. The molecule has 0 aliphatic rings. The summed E-state index contributed by atoms with van der Waals surface area (Å²) in [4.78, 5) is 15.9. The van der Waals surface area contributed by atoms with E-state index in [-0.39, 0.29) is 18.6 Å². The summed E-state index contributed by atoms with van der Waals surface area (Å²) in [6.07, 6.45) is 1.49. The number of pyridine rings is 1. The SMILES string of the molecule is COC(C)c1cccc(NCC(=O)Nc2ccc(Cl)cn2)c1. The number of nitrogens with one attached hydrogen (secondary N) is 2. The number of anilines is 2. The van der Waals surface area contributed by atoms with Gasteiger partial charge in [0.05, 0.1) is 17.7 Å². The van der Waals surface area contributed by atoms with Crippen LogP contribution in [0.5, 0.6) is 0 Å². The molecular formula is C16H18ClN3O2. The van der Waals surface area contributed by atoms with E-state index in [9.17, 15) is 4.79 Å². The van der Waals surface area contributed by atoms with Crippen LogP contribution in [0.4, 0.5) is 11.5 Å². The van der Waals surface area contributed by atoms with Gasteiger partial charge in [-0.05, 0) is 36.8 Å². The van der Waals surface area contributed by atoms with Crippen molar-refractivity contribution in [1.29, 1.82) is 0 Å². The van der Waals surface area contributed by atoms with Crippen molar-refractivity contribution in [3.05, 3.63) is 53.2 Å². The smallest absolute Gasteiger partial charge is 0.244 e. The number of amides is 1. The number of nitrogens with zero attached hydrogens (tertiary/aromatic N) is 1. The molecule has 1 amide bonds. The second-order valence-corrected chi connectivity index (χ2v) is 5.20. The molecule has 2 rings (SSSR count). The molecule has 1 heterocycles. The molecule has 5 nitrogen and oxygen atoms in total. The Balaban J connectivity index is 1.89. The molecule has 2 aromatic rings. The van der Waals surface area contributed by atoms with Crippen LogP contribution in [0.1, 0.15) is 18.6 Å². The van der Waals surface area contributed by atoms with Gasteiger partial charge in [-0.25, -0.2) is 4.98 Å². The predicted molar refractivity (Wildman–Crippen MR) is 88.2 cm³/mol. The van der Waals surface area contributed by atoms with Crippen LogP contribution in [0.25, 0.3) is 0 Å². The molecule has 0 aliphatic heterocycles. The number of carbonyl (C=O) groups is 1. The summed E-state index contributed by atoms with van der Waals surface area (Å²) in [5.74, 6) is 0.290. The maximum absolute atomic E-state index is 11.9. The molecule has 6 heteroatoms. The minimum Gasteiger partial charge on any atom is -0.377 e. The first-order valence-electron chi connectivity index (χ1n) is 6.86. The molecule has 0 saturated carbocycles. The van der Waals surface area contributed by atoms with Gasteiger partial charge in [0.25, 0.3) is 0 Å². The fourth-order valence-corrected chi connectivity index (χ4v) is 1.97. The van der Waals surface area contributed by atoms with Gasteiger partial charge in [-0.1, -0.05) is 23.7 Å². The van der Waals surface area contributed by atoms with Gasteiger partial charge in [0, 0.05) is 19.0 Å². The molecule has 116 valence electrons. The summed E-state index contributed by atoms with van der Waals surface area (Å²) in [6.45, 7) is 2.12. The van der Waals surface area contributed by atoms with Crippen LogP contribution >= 0.6 is 11.6 Å². The molecule has 1 aromatic heterocycles. The van der Waals surface area contributed by atoms with Gasteiger partial charge in [0.15, 0.2) is 0 Å². The van der Waals surface area contributed by atoms with E-state index in [1.807, 2.05) is 31.2 Å². The third-order valence-electron chi connectivity index (χ3n) is 3.16. The molecule has 0 radical (unpaired) electrons. The maximum Gasteiger partial charge on any atom is 0.244 e. The summed E-state index contributed by atoms with van der Waals surface area (Å²) in [5.41, 5.74) is 1.91. The highest BCUT2D eigenvalue weighted by molar-refractivity contribution is 6.30. The first-order chi connectivity index (χ1) is 10.6. The lowest BCUT2D eigenvalue weighted by Crippen LogP contribution is -2.22. The quantitative estimate of drug-likeness (QED) is 0.855. The number of benzene rings is 1. The Morgan fingerprint density at radius 2 is 2.18 bits per heavy atom. The van der Waals surface area contributed by atoms with Crippen molar-refractivity contribution in [3.8, 4) is 0 Å². The largest absolute Gasteiger partial charge is 0.377 e. The zero-order valence-electron chi connectivity index (χ0n) is 12.5. The Labute approximate surface area is 134 Å². The molecule has 1 aromatic carbocycles. The predicted octanol–water partition coefficient (Wildman–Crippen LogP) is 3.49. The van der Waals surface area contributed by atoms with E-state index < -0.39 is 0 Å². The van der Waals surface area contributed by atoms with E-state index >= 15 is 0 Å². The Bertz CT molecular complexity index is 632. The number of aromatic nitrogens is 1. The second-order valence-electron chi connectivity index (χ2n) is 4.77. The van der Waals surface area contributed by atoms with Crippen LogP contribution in [-0.2, 0) is 9.53 Å². The van der Waals surface area contributed by atoms with Crippen molar-refractivity contribution in [1.82, 2.24) is 4.98 Å².